The van der Waals surface area contributed by atoms with E-state index < -0.39 is 0 Å². The van der Waals surface area contributed by atoms with Crippen molar-refractivity contribution in [3.8, 4) is 6.07 Å². The van der Waals surface area contributed by atoms with Crippen LogP contribution in [0.1, 0.15) is 25.7 Å². The molecule has 3 heterocycles. The molecule has 0 spiro atoms. The molecule has 3 rings (SSSR count). The predicted octanol–water partition coefficient (Wildman–Crippen LogP) is 0.822. The second-order valence-electron chi connectivity index (χ2n) is 4.40. The average molecular weight is 203 g/mol. The van der Waals surface area contributed by atoms with Gasteiger partial charge in [-0.2, -0.15) is 5.26 Å². The van der Waals surface area contributed by atoms with Gasteiger partial charge in [-0.3, -0.25) is 9.69 Å². The summed E-state index contributed by atoms with van der Waals surface area (Å²) in [5, 5.41) is 9.04. The summed E-state index contributed by atoms with van der Waals surface area (Å²) in [6, 6.07) is 2.61. The third-order valence-corrected chi connectivity index (χ3v) is 3.61. The highest BCUT2D eigenvalue weighted by atomic mass is 16.2. The van der Waals surface area contributed by atoms with Gasteiger partial charge < -0.3 is 4.90 Å². The van der Waals surface area contributed by atoms with Gasteiger partial charge in [-0.1, -0.05) is 0 Å². The lowest BCUT2D eigenvalue weighted by Gasteiger charge is -2.38. The standard InChI is InChI=1S/C11H13N3O/c12-7-8-3-5-14-10(15)6-9-2-1-4-13(9)11(8)14/h9H,1-6H2. The zero-order chi connectivity index (χ0) is 10.4. The van der Waals surface area contributed by atoms with Crippen molar-refractivity contribution in [2.75, 3.05) is 13.1 Å². The molecule has 1 amide bonds. The molecule has 0 bridgehead atoms. The van der Waals surface area contributed by atoms with Gasteiger partial charge in [-0.15, -0.1) is 0 Å². The molecule has 1 unspecified atom stereocenters. The summed E-state index contributed by atoms with van der Waals surface area (Å²) in [5.74, 6) is 1.13. The smallest absolute Gasteiger partial charge is 0.230 e. The fraction of sp³-hybridized carbons (Fsp3) is 0.636. The molecule has 0 aromatic heterocycles. The second kappa shape index (κ2) is 2.99. The van der Waals surface area contributed by atoms with Crippen molar-refractivity contribution in [3.63, 3.8) is 0 Å². The fourth-order valence-electron chi connectivity index (χ4n) is 2.92. The molecule has 4 nitrogen and oxygen atoms in total. The highest BCUT2D eigenvalue weighted by Crippen LogP contribution is 2.37. The van der Waals surface area contributed by atoms with E-state index in [9.17, 15) is 4.79 Å². The highest BCUT2D eigenvalue weighted by Gasteiger charge is 2.42. The minimum atomic E-state index is 0.207. The molecule has 78 valence electrons. The Balaban J connectivity index is 2.05. The van der Waals surface area contributed by atoms with Crippen molar-refractivity contribution < 1.29 is 4.79 Å². The summed E-state index contributed by atoms with van der Waals surface area (Å²) >= 11 is 0. The lowest BCUT2D eigenvalue weighted by atomic mass is 10.1. The van der Waals surface area contributed by atoms with E-state index in [-0.39, 0.29) is 5.91 Å². The molecule has 1 atom stereocenters. The van der Waals surface area contributed by atoms with Gasteiger partial charge in [0.05, 0.1) is 11.6 Å². The van der Waals surface area contributed by atoms with E-state index >= 15 is 0 Å². The quantitative estimate of drug-likeness (QED) is 0.585. The van der Waals surface area contributed by atoms with Gasteiger partial charge in [0, 0.05) is 32.0 Å². The molecule has 0 radical (unpaired) electrons. The monoisotopic (exact) mass is 203 g/mol. The maximum absolute atomic E-state index is 11.8. The van der Waals surface area contributed by atoms with Gasteiger partial charge in [0.25, 0.3) is 0 Å². The van der Waals surface area contributed by atoms with Crippen LogP contribution in [0.5, 0.6) is 0 Å². The Hall–Kier alpha value is -1.50. The Bertz CT molecular complexity index is 393. The lowest BCUT2D eigenvalue weighted by Crippen LogP contribution is -2.47. The summed E-state index contributed by atoms with van der Waals surface area (Å²) in [5.41, 5.74) is 0.801. The van der Waals surface area contributed by atoms with Crippen LogP contribution in [0.4, 0.5) is 0 Å². The number of carbonyl (C=O) groups is 1. The normalized spacial score (nSPS) is 29.3. The first-order valence-corrected chi connectivity index (χ1v) is 5.51. The molecule has 0 N–H and O–H groups in total. The number of carbonyl (C=O) groups excluding carboxylic acids is 1. The van der Waals surface area contributed by atoms with Crippen molar-refractivity contribution >= 4 is 5.91 Å². The van der Waals surface area contributed by atoms with Crippen LogP contribution in [0, 0.1) is 11.3 Å². The zero-order valence-electron chi connectivity index (χ0n) is 8.57. The van der Waals surface area contributed by atoms with Crippen LogP contribution < -0.4 is 0 Å². The summed E-state index contributed by atoms with van der Waals surface area (Å²) in [6.07, 6.45) is 3.62. The largest absolute Gasteiger partial charge is 0.354 e. The van der Waals surface area contributed by atoms with Gasteiger partial charge in [0.2, 0.25) is 5.91 Å². The molecule has 0 aromatic rings. The fourth-order valence-corrected chi connectivity index (χ4v) is 2.92. The van der Waals surface area contributed by atoms with Crippen molar-refractivity contribution in [1.29, 1.82) is 5.26 Å². The number of amides is 1. The van der Waals surface area contributed by atoms with Crippen LogP contribution in [0.15, 0.2) is 11.4 Å². The summed E-state index contributed by atoms with van der Waals surface area (Å²) in [6.45, 7) is 1.72. The van der Waals surface area contributed by atoms with Gasteiger partial charge in [-0.05, 0) is 12.8 Å². The van der Waals surface area contributed by atoms with Gasteiger partial charge in [0.1, 0.15) is 5.82 Å². The molecule has 0 aliphatic carbocycles. The topological polar surface area (TPSA) is 47.3 Å². The number of rotatable bonds is 0. The number of hydrogen-bond donors (Lipinski definition) is 0. The first kappa shape index (κ1) is 8.78. The van der Waals surface area contributed by atoms with Crippen molar-refractivity contribution in [2.45, 2.75) is 31.7 Å². The van der Waals surface area contributed by atoms with E-state index in [0.717, 1.165) is 37.2 Å². The third-order valence-electron chi connectivity index (χ3n) is 3.61. The first-order chi connectivity index (χ1) is 7.31. The SMILES string of the molecule is N#CC1=C2N(CC1)C(=O)CC1CCCN21. The molecular formula is C11H13N3O. The van der Waals surface area contributed by atoms with Gasteiger partial charge in [0.15, 0.2) is 0 Å². The molecule has 2 saturated heterocycles. The molecule has 0 saturated carbocycles. The van der Waals surface area contributed by atoms with E-state index in [2.05, 4.69) is 11.0 Å². The lowest BCUT2D eigenvalue weighted by molar-refractivity contribution is -0.134. The summed E-state index contributed by atoms with van der Waals surface area (Å²) in [7, 11) is 0. The van der Waals surface area contributed by atoms with Gasteiger partial charge in [-0.25, -0.2) is 0 Å². The van der Waals surface area contributed by atoms with Crippen molar-refractivity contribution in [1.82, 2.24) is 9.80 Å². The van der Waals surface area contributed by atoms with E-state index in [0.29, 0.717) is 19.0 Å². The van der Waals surface area contributed by atoms with Crippen LogP contribution >= 0.6 is 0 Å². The second-order valence-corrected chi connectivity index (χ2v) is 4.40. The molecule has 15 heavy (non-hydrogen) atoms. The van der Waals surface area contributed by atoms with Crippen molar-refractivity contribution in [2.24, 2.45) is 0 Å². The van der Waals surface area contributed by atoms with Crippen LogP contribution in [-0.4, -0.2) is 34.8 Å². The van der Waals surface area contributed by atoms with Crippen LogP contribution in [0.2, 0.25) is 0 Å². The first-order valence-electron chi connectivity index (χ1n) is 5.51. The molecule has 0 aromatic carbocycles. The Morgan fingerprint density at radius 3 is 3.07 bits per heavy atom. The summed E-state index contributed by atoms with van der Waals surface area (Å²) in [4.78, 5) is 15.9. The van der Waals surface area contributed by atoms with Crippen LogP contribution in [0.3, 0.4) is 0 Å². The van der Waals surface area contributed by atoms with Crippen LogP contribution in [0.25, 0.3) is 0 Å². The predicted molar refractivity (Wildman–Crippen MR) is 53.3 cm³/mol. The van der Waals surface area contributed by atoms with E-state index in [1.807, 2.05) is 0 Å². The van der Waals surface area contributed by atoms with E-state index in [1.54, 1.807) is 4.90 Å². The molecule has 2 fully saturated rings. The Morgan fingerprint density at radius 2 is 2.27 bits per heavy atom. The average Bonchev–Trinajstić information content (AvgIpc) is 2.81. The molecule has 3 aliphatic heterocycles. The Kier molecular flexibility index (Phi) is 1.75. The molecule has 3 aliphatic rings. The number of nitriles is 1. The van der Waals surface area contributed by atoms with Gasteiger partial charge >= 0.3 is 0 Å². The van der Waals surface area contributed by atoms with Crippen molar-refractivity contribution in [3.05, 3.63) is 11.4 Å². The molecular weight excluding hydrogens is 190 g/mol. The summed E-state index contributed by atoms with van der Waals surface area (Å²) < 4.78 is 0. The number of fused-ring (bicyclic) bond motifs is 3. The highest BCUT2D eigenvalue weighted by molar-refractivity contribution is 5.81. The number of hydrogen-bond acceptors (Lipinski definition) is 3. The number of nitrogens with zero attached hydrogens (tertiary/aromatic N) is 3. The van der Waals surface area contributed by atoms with E-state index in [4.69, 9.17) is 5.26 Å². The maximum Gasteiger partial charge on any atom is 0.230 e. The minimum absolute atomic E-state index is 0.207. The van der Waals surface area contributed by atoms with Crippen LogP contribution in [-0.2, 0) is 4.79 Å². The third kappa shape index (κ3) is 1.09. The van der Waals surface area contributed by atoms with E-state index in [1.165, 1.54) is 0 Å². The zero-order valence-corrected chi connectivity index (χ0v) is 8.57. The Morgan fingerprint density at radius 1 is 1.40 bits per heavy atom. The molecule has 4 heteroatoms. The minimum Gasteiger partial charge on any atom is -0.354 e. The Labute approximate surface area is 88.8 Å². The maximum atomic E-state index is 11.8.